The van der Waals surface area contributed by atoms with Gasteiger partial charge in [-0.15, -0.1) is 0 Å². The standard InChI is InChI=1S/C35H49ClN6O3S3/c1-8-41(9-2)18-19-47-35(46)42-16-14-26(15-17-42)27-21-31(45-23(3)4)30(20-25(27)7)39-34-37-22-28(36)33(40-34)38-29-12-10-11-13-32(29)48(43,44)24(5)6/h10-13,20-24,26H,8-9,14-19H2,1-7H3,(H2,37,38,39,40). The first-order chi connectivity index (χ1) is 22.8. The molecule has 262 valence electrons. The summed E-state index contributed by atoms with van der Waals surface area (Å²) in [6, 6.07) is 11.0. The van der Waals surface area contributed by atoms with E-state index in [-0.39, 0.29) is 21.8 Å². The summed E-state index contributed by atoms with van der Waals surface area (Å²) in [6.45, 7) is 18.9. The minimum Gasteiger partial charge on any atom is -0.489 e. The Labute approximate surface area is 301 Å². The van der Waals surface area contributed by atoms with Crippen LogP contribution in [0.4, 0.5) is 23.1 Å². The predicted molar refractivity (Wildman–Crippen MR) is 206 cm³/mol. The second kappa shape index (κ2) is 17.3. The summed E-state index contributed by atoms with van der Waals surface area (Å²) in [5.41, 5.74) is 3.57. The van der Waals surface area contributed by atoms with Crippen LogP contribution in [-0.2, 0) is 9.84 Å². The number of hydrogen-bond acceptors (Lipinski definition) is 10. The molecule has 1 aliphatic heterocycles. The Hall–Kier alpha value is -2.64. The summed E-state index contributed by atoms with van der Waals surface area (Å²) in [5, 5.41) is 6.13. The van der Waals surface area contributed by atoms with Crippen LogP contribution in [0.3, 0.4) is 0 Å². The Morgan fingerprint density at radius 3 is 2.44 bits per heavy atom. The first-order valence-electron chi connectivity index (χ1n) is 16.7. The van der Waals surface area contributed by atoms with Crippen molar-refractivity contribution in [1.29, 1.82) is 0 Å². The fraction of sp³-hybridized carbons (Fsp3) is 0.514. The number of thioether (sulfide) groups is 1. The van der Waals surface area contributed by atoms with Crippen molar-refractivity contribution in [3.8, 4) is 5.75 Å². The average molecular weight is 733 g/mol. The van der Waals surface area contributed by atoms with E-state index in [9.17, 15) is 8.42 Å². The molecule has 9 nitrogen and oxygen atoms in total. The highest BCUT2D eigenvalue weighted by molar-refractivity contribution is 8.22. The third kappa shape index (κ3) is 9.74. The fourth-order valence-electron chi connectivity index (χ4n) is 5.69. The highest BCUT2D eigenvalue weighted by atomic mass is 35.5. The van der Waals surface area contributed by atoms with E-state index >= 15 is 0 Å². The SMILES string of the molecule is CCN(CC)CCSC(=S)N1CCC(c2cc(OC(C)C)c(Nc3ncc(Cl)c(Nc4ccccc4S(=O)(=O)C(C)C)n3)cc2C)CC1. The van der Waals surface area contributed by atoms with Crippen LogP contribution >= 0.6 is 35.6 Å². The number of halogens is 1. The fourth-order valence-corrected chi connectivity index (χ4v) is 8.36. The van der Waals surface area contributed by atoms with Crippen molar-refractivity contribution in [1.82, 2.24) is 19.8 Å². The summed E-state index contributed by atoms with van der Waals surface area (Å²) < 4.78 is 33.3. The Bertz CT molecular complexity index is 1660. The summed E-state index contributed by atoms with van der Waals surface area (Å²) in [7, 11) is -3.54. The largest absolute Gasteiger partial charge is 0.489 e. The van der Waals surface area contributed by atoms with Crippen LogP contribution in [0, 0.1) is 6.92 Å². The van der Waals surface area contributed by atoms with Crippen molar-refractivity contribution in [2.75, 3.05) is 49.1 Å². The number of aromatic nitrogens is 2. The van der Waals surface area contributed by atoms with Gasteiger partial charge in [0, 0.05) is 25.4 Å². The van der Waals surface area contributed by atoms with Crippen molar-refractivity contribution in [2.24, 2.45) is 0 Å². The lowest BCUT2D eigenvalue weighted by molar-refractivity contribution is 0.243. The molecule has 1 saturated heterocycles. The van der Waals surface area contributed by atoms with Gasteiger partial charge in [0.15, 0.2) is 15.7 Å². The molecule has 13 heteroatoms. The molecule has 3 aromatic rings. The van der Waals surface area contributed by atoms with Crippen LogP contribution in [0.2, 0.25) is 5.02 Å². The van der Waals surface area contributed by atoms with Gasteiger partial charge in [-0.3, -0.25) is 0 Å². The third-order valence-electron chi connectivity index (χ3n) is 8.51. The van der Waals surface area contributed by atoms with E-state index in [1.54, 1.807) is 49.9 Å². The Kier molecular flexibility index (Phi) is 13.8. The van der Waals surface area contributed by atoms with Crippen LogP contribution in [0.15, 0.2) is 47.5 Å². The number of rotatable bonds is 14. The van der Waals surface area contributed by atoms with E-state index in [1.807, 2.05) is 13.8 Å². The van der Waals surface area contributed by atoms with E-state index in [4.69, 9.17) is 28.6 Å². The molecule has 0 spiro atoms. The van der Waals surface area contributed by atoms with E-state index in [0.717, 1.165) is 72.6 Å². The molecule has 0 unspecified atom stereocenters. The number of benzene rings is 2. The van der Waals surface area contributed by atoms with Crippen molar-refractivity contribution in [3.63, 3.8) is 0 Å². The van der Waals surface area contributed by atoms with Crippen molar-refractivity contribution < 1.29 is 13.2 Å². The number of sulfone groups is 1. The summed E-state index contributed by atoms with van der Waals surface area (Å²) in [5.74, 6) is 2.73. The van der Waals surface area contributed by atoms with Gasteiger partial charge in [-0.2, -0.15) is 4.98 Å². The maximum Gasteiger partial charge on any atom is 0.229 e. The lowest BCUT2D eigenvalue weighted by Gasteiger charge is -2.34. The van der Waals surface area contributed by atoms with Crippen LogP contribution in [0.5, 0.6) is 5.75 Å². The molecule has 0 atom stereocenters. The molecule has 4 rings (SSSR count). The molecule has 0 amide bonds. The molecule has 2 N–H and O–H groups in total. The zero-order valence-electron chi connectivity index (χ0n) is 29.0. The van der Waals surface area contributed by atoms with Gasteiger partial charge < -0.3 is 25.2 Å². The third-order valence-corrected chi connectivity index (χ3v) is 12.5. The normalized spacial score (nSPS) is 14.2. The number of para-hydroxylation sites is 1. The topological polar surface area (TPSA) is 99.7 Å². The monoisotopic (exact) mass is 732 g/mol. The quantitative estimate of drug-likeness (QED) is 0.156. The number of ether oxygens (including phenoxy) is 1. The van der Waals surface area contributed by atoms with Gasteiger partial charge >= 0.3 is 0 Å². The van der Waals surface area contributed by atoms with Crippen LogP contribution in [-0.4, -0.2) is 82.3 Å². The van der Waals surface area contributed by atoms with Gasteiger partial charge in [-0.25, -0.2) is 13.4 Å². The summed E-state index contributed by atoms with van der Waals surface area (Å²) in [4.78, 5) is 14.0. The maximum atomic E-state index is 13.0. The summed E-state index contributed by atoms with van der Waals surface area (Å²) >= 11 is 14.1. The molecule has 2 aromatic carbocycles. The highest BCUT2D eigenvalue weighted by Crippen LogP contribution is 2.39. The second-order valence-corrected chi connectivity index (χ2v) is 17.1. The Balaban J connectivity index is 1.50. The number of hydrogen-bond donors (Lipinski definition) is 2. The molecule has 1 aromatic heterocycles. The first kappa shape index (κ1) is 38.2. The average Bonchev–Trinajstić information content (AvgIpc) is 3.05. The molecule has 0 bridgehead atoms. The van der Waals surface area contributed by atoms with Crippen molar-refractivity contribution in [2.45, 2.75) is 83.5 Å². The van der Waals surface area contributed by atoms with Crippen LogP contribution < -0.4 is 15.4 Å². The lowest BCUT2D eigenvalue weighted by Crippen LogP contribution is -2.36. The van der Waals surface area contributed by atoms with Crippen molar-refractivity contribution >= 4 is 72.9 Å². The molecule has 48 heavy (non-hydrogen) atoms. The molecule has 1 fully saturated rings. The van der Waals surface area contributed by atoms with E-state index in [0.29, 0.717) is 17.6 Å². The zero-order valence-corrected chi connectivity index (χ0v) is 32.3. The number of likely N-dealkylation sites (tertiary alicyclic amines) is 1. The van der Waals surface area contributed by atoms with Crippen LogP contribution in [0.1, 0.15) is 71.4 Å². The first-order valence-corrected chi connectivity index (χ1v) is 20.0. The maximum absolute atomic E-state index is 13.0. The molecule has 0 saturated carbocycles. The second-order valence-electron chi connectivity index (χ2n) is 12.5. The molecule has 1 aliphatic rings. The van der Waals surface area contributed by atoms with Gasteiger partial charge in [0.05, 0.1) is 33.8 Å². The number of nitrogens with one attached hydrogen (secondary N) is 2. The van der Waals surface area contributed by atoms with Gasteiger partial charge in [-0.1, -0.05) is 61.6 Å². The predicted octanol–water partition coefficient (Wildman–Crippen LogP) is 8.43. The molecule has 2 heterocycles. The lowest BCUT2D eigenvalue weighted by atomic mass is 9.86. The van der Waals surface area contributed by atoms with Gasteiger partial charge in [0.1, 0.15) is 15.1 Å². The van der Waals surface area contributed by atoms with E-state index in [1.165, 1.54) is 11.8 Å². The van der Waals surface area contributed by atoms with Crippen LogP contribution in [0.25, 0.3) is 0 Å². The van der Waals surface area contributed by atoms with E-state index < -0.39 is 15.1 Å². The molecular weight excluding hydrogens is 684 g/mol. The Morgan fingerprint density at radius 1 is 1.10 bits per heavy atom. The zero-order chi connectivity index (χ0) is 35.0. The van der Waals surface area contributed by atoms with Gasteiger partial charge in [-0.05, 0) is 102 Å². The Morgan fingerprint density at radius 2 is 1.79 bits per heavy atom. The molecule has 0 aliphatic carbocycles. The van der Waals surface area contributed by atoms with E-state index in [2.05, 4.69) is 63.3 Å². The van der Waals surface area contributed by atoms with Gasteiger partial charge in [0.2, 0.25) is 5.95 Å². The summed E-state index contributed by atoms with van der Waals surface area (Å²) in [6.07, 6.45) is 3.49. The number of aryl methyl sites for hydroxylation is 1. The van der Waals surface area contributed by atoms with Crippen molar-refractivity contribution in [3.05, 3.63) is 58.7 Å². The number of nitrogens with zero attached hydrogens (tertiary/aromatic N) is 4. The smallest absolute Gasteiger partial charge is 0.229 e. The molecule has 0 radical (unpaired) electrons. The highest BCUT2D eigenvalue weighted by Gasteiger charge is 2.26. The number of thiocarbonyl (C=S) groups is 1. The van der Waals surface area contributed by atoms with Gasteiger partial charge in [0.25, 0.3) is 0 Å². The number of anilines is 4. The minimum absolute atomic E-state index is 0.0449. The minimum atomic E-state index is -3.54. The molecular formula is C35H49ClN6O3S3. The number of piperidine rings is 1.